The van der Waals surface area contributed by atoms with Crippen LogP contribution in [0.5, 0.6) is 0 Å². The molecule has 0 aromatic heterocycles. The lowest BCUT2D eigenvalue weighted by molar-refractivity contribution is 0.769. The molecular formula is C9H20Si. The minimum absolute atomic E-state index is 0.199. The van der Waals surface area contributed by atoms with Crippen LogP contribution in [0.25, 0.3) is 0 Å². The highest BCUT2D eigenvalue weighted by Gasteiger charge is 1.83. The molecule has 0 unspecified atom stereocenters. The van der Waals surface area contributed by atoms with Gasteiger partial charge < -0.3 is 0 Å². The van der Waals surface area contributed by atoms with Crippen LogP contribution in [0.2, 0.25) is 6.04 Å². The van der Waals surface area contributed by atoms with Crippen LogP contribution in [-0.4, -0.2) is 9.52 Å². The summed E-state index contributed by atoms with van der Waals surface area (Å²) in [6.07, 6.45) is 7.81. The summed E-state index contributed by atoms with van der Waals surface area (Å²) in [6, 6.07) is 1.52. The van der Waals surface area contributed by atoms with Gasteiger partial charge in [-0.15, -0.1) is 5.70 Å². The molecule has 0 aliphatic carbocycles. The Labute approximate surface area is 67.5 Å². The zero-order valence-electron chi connectivity index (χ0n) is 7.40. The molecule has 0 nitrogen and oxygen atoms in total. The molecular weight excluding hydrogens is 136 g/mol. The number of allylic oxidation sites excluding steroid dienone is 1. The minimum Gasteiger partial charge on any atom is -0.105 e. The van der Waals surface area contributed by atoms with Crippen LogP contribution in [0.3, 0.4) is 0 Å². The van der Waals surface area contributed by atoms with Gasteiger partial charge in [0.05, 0.1) is 0 Å². The van der Waals surface area contributed by atoms with Crippen LogP contribution in [0.15, 0.2) is 11.8 Å². The SMILES string of the molecule is CCC=C[SiH2]CCCCC. The first-order valence-corrected chi connectivity index (χ1v) is 6.38. The summed E-state index contributed by atoms with van der Waals surface area (Å²) in [6.45, 7) is 4.47. The number of rotatable bonds is 6. The molecule has 0 aromatic carbocycles. The van der Waals surface area contributed by atoms with Crippen molar-refractivity contribution >= 4 is 9.52 Å². The Morgan fingerprint density at radius 1 is 1.20 bits per heavy atom. The fraction of sp³-hybridized carbons (Fsp3) is 0.778. The molecule has 10 heavy (non-hydrogen) atoms. The van der Waals surface area contributed by atoms with Gasteiger partial charge in [0.1, 0.15) is 0 Å². The van der Waals surface area contributed by atoms with Crippen molar-refractivity contribution in [2.75, 3.05) is 0 Å². The Balaban J connectivity index is 2.83. The van der Waals surface area contributed by atoms with Crippen molar-refractivity contribution in [2.24, 2.45) is 0 Å². The smallest absolute Gasteiger partial charge is 0.0450 e. The van der Waals surface area contributed by atoms with Gasteiger partial charge >= 0.3 is 0 Å². The number of hydrogen-bond donors (Lipinski definition) is 0. The molecule has 60 valence electrons. The summed E-state index contributed by atoms with van der Waals surface area (Å²) < 4.78 is 0. The first kappa shape index (κ1) is 9.96. The Bertz CT molecular complexity index is 76.8. The average molecular weight is 156 g/mol. The van der Waals surface area contributed by atoms with Crippen LogP contribution in [-0.2, 0) is 0 Å². The molecule has 0 aromatic rings. The molecule has 0 aliphatic heterocycles. The highest BCUT2D eigenvalue weighted by molar-refractivity contribution is 6.41. The zero-order valence-corrected chi connectivity index (χ0v) is 8.81. The summed E-state index contributed by atoms with van der Waals surface area (Å²) in [5, 5.41) is 0. The van der Waals surface area contributed by atoms with E-state index >= 15 is 0 Å². The zero-order chi connectivity index (χ0) is 7.66. The maximum atomic E-state index is 2.44. The Morgan fingerprint density at radius 2 is 2.00 bits per heavy atom. The topological polar surface area (TPSA) is 0 Å². The lowest BCUT2D eigenvalue weighted by Crippen LogP contribution is -1.83. The Morgan fingerprint density at radius 3 is 2.60 bits per heavy atom. The molecule has 0 aliphatic rings. The highest BCUT2D eigenvalue weighted by Crippen LogP contribution is 1.98. The third-order valence-corrected chi connectivity index (χ3v) is 3.20. The predicted molar refractivity (Wildman–Crippen MR) is 52.3 cm³/mol. The minimum atomic E-state index is 0.199. The van der Waals surface area contributed by atoms with E-state index in [1.165, 1.54) is 31.7 Å². The number of hydrogen-bond acceptors (Lipinski definition) is 0. The van der Waals surface area contributed by atoms with Crippen LogP contribution in [0.4, 0.5) is 0 Å². The van der Waals surface area contributed by atoms with Gasteiger partial charge in [-0.2, -0.15) is 0 Å². The van der Waals surface area contributed by atoms with Gasteiger partial charge in [-0.05, 0) is 6.42 Å². The maximum Gasteiger partial charge on any atom is 0.0450 e. The van der Waals surface area contributed by atoms with Crippen molar-refractivity contribution in [2.45, 2.75) is 45.6 Å². The second-order valence-electron chi connectivity index (χ2n) is 2.73. The van der Waals surface area contributed by atoms with Gasteiger partial charge in [0.15, 0.2) is 0 Å². The summed E-state index contributed by atoms with van der Waals surface area (Å²) in [7, 11) is 0.199. The van der Waals surface area contributed by atoms with Crippen LogP contribution in [0, 0.1) is 0 Å². The van der Waals surface area contributed by atoms with Gasteiger partial charge in [0, 0.05) is 9.52 Å². The van der Waals surface area contributed by atoms with Gasteiger partial charge in [0.2, 0.25) is 0 Å². The van der Waals surface area contributed by atoms with Crippen molar-refractivity contribution in [3.8, 4) is 0 Å². The molecule has 0 rings (SSSR count). The molecule has 0 saturated carbocycles. The van der Waals surface area contributed by atoms with E-state index in [0.29, 0.717) is 0 Å². The van der Waals surface area contributed by atoms with Crippen molar-refractivity contribution in [1.82, 2.24) is 0 Å². The largest absolute Gasteiger partial charge is 0.105 e. The average Bonchev–Trinajstić information content (AvgIpc) is 1.97. The normalized spacial score (nSPS) is 12.2. The van der Waals surface area contributed by atoms with E-state index < -0.39 is 0 Å². The van der Waals surface area contributed by atoms with Crippen molar-refractivity contribution < 1.29 is 0 Å². The molecule has 0 N–H and O–H groups in total. The van der Waals surface area contributed by atoms with Gasteiger partial charge in [-0.25, -0.2) is 0 Å². The predicted octanol–water partition coefficient (Wildman–Crippen LogP) is 2.69. The van der Waals surface area contributed by atoms with Crippen molar-refractivity contribution in [3.63, 3.8) is 0 Å². The first-order chi connectivity index (χ1) is 4.91. The van der Waals surface area contributed by atoms with E-state index in [0.717, 1.165) is 0 Å². The first-order valence-electron chi connectivity index (χ1n) is 4.56. The summed E-state index contributed by atoms with van der Waals surface area (Å²) in [5.74, 6) is 0. The maximum absolute atomic E-state index is 2.44. The van der Waals surface area contributed by atoms with Crippen LogP contribution < -0.4 is 0 Å². The second-order valence-corrected chi connectivity index (χ2v) is 4.48. The highest BCUT2D eigenvalue weighted by atomic mass is 28.2. The Kier molecular flexibility index (Phi) is 8.92. The van der Waals surface area contributed by atoms with Gasteiger partial charge in [-0.1, -0.05) is 45.2 Å². The van der Waals surface area contributed by atoms with Gasteiger partial charge in [-0.3, -0.25) is 0 Å². The second kappa shape index (κ2) is 8.96. The quantitative estimate of drug-likeness (QED) is 0.410. The van der Waals surface area contributed by atoms with Crippen LogP contribution >= 0.6 is 0 Å². The van der Waals surface area contributed by atoms with E-state index in [1.54, 1.807) is 0 Å². The number of unbranched alkanes of at least 4 members (excludes halogenated alkanes) is 2. The van der Waals surface area contributed by atoms with E-state index in [9.17, 15) is 0 Å². The molecule has 0 saturated heterocycles. The van der Waals surface area contributed by atoms with Crippen molar-refractivity contribution in [1.29, 1.82) is 0 Å². The van der Waals surface area contributed by atoms with Gasteiger partial charge in [0.25, 0.3) is 0 Å². The molecule has 0 bridgehead atoms. The van der Waals surface area contributed by atoms with E-state index in [4.69, 9.17) is 0 Å². The van der Waals surface area contributed by atoms with E-state index in [1.807, 2.05) is 0 Å². The molecule has 0 atom stereocenters. The molecule has 0 heterocycles. The third-order valence-electron chi connectivity index (χ3n) is 1.63. The third kappa shape index (κ3) is 7.96. The molecule has 0 amide bonds. The van der Waals surface area contributed by atoms with E-state index in [-0.39, 0.29) is 9.52 Å². The molecule has 0 spiro atoms. The van der Waals surface area contributed by atoms with Crippen molar-refractivity contribution in [3.05, 3.63) is 11.8 Å². The van der Waals surface area contributed by atoms with E-state index in [2.05, 4.69) is 25.6 Å². The molecule has 0 fully saturated rings. The fourth-order valence-corrected chi connectivity index (χ4v) is 2.42. The Hall–Kier alpha value is -0.0431. The molecule has 0 radical (unpaired) electrons. The summed E-state index contributed by atoms with van der Waals surface area (Å²) in [5.41, 5.74) is 2.44. The van der Waals surface area contributed by atoms with Crippen LogP contribution in [0.1, 0.15) is 39.5 Å². The molecule has 1 heteroatoms. The monoisotopic (exact) mass is 156 g/mol. The standard InChI is InChI=1S/C9H20Si/c1-3-5-7-9-10-8-6-4-2/h6,8H,3-5,7,9-10H2,1-2H3. The summed E-state index contributed by atoms with van der Waals surface area (Å²) >= 11 is 0. The summed E-state index contributed by atoms with van der Waals surface area (Å²) in [4.78, 5) is 0. The fourth-order valence-electron chi connectivity index (χ4n) is 0.973. The lowest BCUT2D eigenvalue weighted by atomic mass is 10.3. The lowest BCUT2D eigenvalue weighted by Gasteiger charge is -1.92.